The van der Waals surface area contributed by atoms with Crippen LogP contribution >= 0.6 is 0 Å². The Kier molecular flexibility index (Phi) is 6.69. The predicted octanol–water partition coefficient (Wildman–Crippen LogP) is 4.48. The molecular formula is C23H29N3O2. The van der Waals surface area contributed by atoms with Crippen LogP contribution in [0.2, 0.25) is 0 Å². The summed E-state index contributed by atoms with van der Waals surface area (Å²) in [4.78, 5) is 17.1. The zero-order valence-corrected chi connectivity index (χ0v) is 16.9. The van der Waals surface area contributed by atoms with Crippen LogP contribution in [0, 0.1) is 12.8 Å². The van der Waals surface area contributed by atoms with E-state index >= 15 is 0 Å². The second-order valence-electron chi connectivity index (χ2n) is 7.01. The van der Waals surface area contributed by atoms with Crippen molar-refractivity contribution in [1.82, 2.24) is 14.9 Å². The molecule has 0 bridgehead atoms. The molecule has 0 fully saturated rings. The van der Waals surface area contributed by atoms with Crippen LogP contribution < -0.4 is 10.1 Å². The standard InChI is InChI=1S/C23H29N3O2/c1-4-18(5-2)23(27)24-16-22-25-19-11-7-8-12-20(19)26(22)14-15-28-21-13-9-6-10-17(21)3/h6-13,18H,4-5,14-16H2,1-3H3,(H,24,27). The Morgan fingerprint density at radius 1 is 1.11 bits per heavy atom. The van der Waals surface area contributed by atoms with Gasteiger partial charge in [0.25, 0.3) is 0 Å². The first-order valence-corrected chi connectivity index (χ1v) is 10.0. The summed E-state index contributed by atoms with van der Waals surface area (Å²) in [6.07, 6.45) is 1.70. The second kappa shape index (κ2) is 9.40. The van der Waals surface area contributed by atoms with Gasteiger partial charge in [-0.2, -0.15) is 0 Å². The smallest absolute Gasteiger partial charge is 0.223 e. The molecule has 0 aliphatic carbocycles. The van der Waals surface area contributed by atoms with Crippen molar-refractivity contribution in [2.45, 2.75) is 46.7 Å². The molecular weight excluding hydrogens is 350 g/mol. The number of amides is 1. The molecule has 5 nitrogen and oxygen atoms in total. The molecule has 0 saturated heterocycles. The van der Waals surface area contributed by atoms with E-state index in [1.54, 1.807) is 0 Å². The highest BCUT2D eigenvalue weighted by atomic mass is 16.5. The van der Waals surface area contributed by atoms with Crippen molar-refractivity contribution < 1.29 is 9.53 Å². The third kappa shape index (κ3) is 4.53. The van der Waals surface area contributed by atoms with E-state index in [4.69, 9.17) is 9.72 Å². The lowest BCUT2D eigenvalue weighted by Gasteiger charge is -2.14. The van der Waals surface area contributed by atoms with Gasteiger partial charge in [-0.3, -0.25) is 4.79 Å². The fourth-order valence-corrected chi connectivity index (χ4v) is 3.45. The Balaban J connectivity index is 1.73. The number of benzene rings is 2. The van der Waals surface area contributed by atoms with Gasteiger partial charge in [-0.05, 0) is 43.5 Å². The Morgan fingerprint density at radius 2 is 1.82 bits per heavy atom. The lowest BCUT2D eigenvalue weighted by Crippen LogP contribution is -2.31. The molecule has 0 spiro atoms. The largest absolute Gasteiger partial charge is 0.491 e. The molecule has 5 heteroatoms. The van der Waals surface area contributed by atoms with Gasteiger partial charge in [0, 0.05) is 5.92 Å². The number of nitrogens with one attached hydrogen (secondary N) is 1. The normalized spacial score (nSPS) is 11.1. The van der Waals surface area contributed by atoms with E-state index in [0.717, 1.165) is 41.0 Å². The summed E-state index contributed by atoms with van der Waals surface area (Å²) in [5.74, 6) is 1.91. The summed E-state index contributed by atoms with van der Waals surface area (Å²) in [6.45, 7) is 7.77. The minimum absolute atomic E-state index is 0.0576. The Bertz CT molecular complexity index is 928. The number of hydrogen-bond acceptors (Lipinski definition) is 3. The highest BCUT2D eigenvalue weighted by Crippen LogP contribution is 2.19. The molecule has 28 heavy (non-hydrogen) atoms. The Labute approximate surface area is 166 Å². The minimum atomic E-state index is 0.0576. The van der Waals surface area contributed by atoms with E-state index in [0.29, 0.717) is 19.7 Å². The molecule has 1 amide bonds. The molecule has 0 aliphatic rings. The van der Waals surface area contributed by atoms with Gasteiger partial charge in [-0.25, -0.2) is 4.98 Å². The molecule has 0 unspecified atom stereocenters. The van der Waals surface area contributed by atoms with E-state index in [1.807, 2.05) is 63.2 Å². The molecule has 0 saturated carbocycles. The summed E-state index contributed by atoms with van der Waals surface area (Å²) < 4.78 is 8.12. The number of hydrogen-bond donors (Lipinski definition) is 1. The van der Waals surface area contributed by atoms with Gasteiger partial charge in [0.05, 0.1) is 24.1 Å². The third-order valence-corrected chi connectivity index (χ3v) is 5.18. The number of aromatic nitrogens is 2. The number of carbonyl (C=O) groups is 1. The number of ether oxygens (including phenoxy) is 1. The van der Waals surface area contributed by atoms with Crippen LogP contribution in [0.5, 0.6) is 5.75 Å². The average Bonchev–Trinajstić information content (AvgIpc) is 3.06. The minimum Gasteiger partial charge on any atom is -0.491 e. The maximum atomic E-state index is 12.4. The molecule has 3 aromatic rings. The zero-order valence-electron chi connectivity index (χ0n) is 16.9. The predicted molar refractivity (Wildman–Crippen MR) is 112 cm³/mol. The molecule has 3 rings (SSSR count). The van der Waals surface area contributed by atoms with Crippen LogP contribution in [0.4, 0.5) is 0 Å². The van der Waals surface area contributed by atoms with Crippen molar-refractivity contribution in [3.8, 4) is 5.75 Å². The van der Waals surface area contributed by atoms with Crippen molar-refractivity contribution >= 4 is 16.9 Å². The van der Waals surface area contributed by atoms with Gasteiger partial charge in [-0.15, -0.1) is 0 Å². The van der Waals surface area contributed by atoms with Crippen LogP contribution in [-0.4, -0.2) is 22.1 Å². The average molecular weight is 380 g/mol. The summed E-state index contributed by atoms with van der Waals surface area (Å²) in [5, 5.41) is 3.06. The fourth-order valence-electron chi connectivity index (χ4n) is 3.45. The van der Waals surface area contributed by atoms with Crippen molar-refractivity contribution in [3.05, 3.63) is 59.9 Å². The van der Waals surface area contributed by atoms with Crippen molar-refractivity contribution in [2.24, 2.45) is 5.92 Å². The van der Waals surface area contributed by atoms with Crippen LogP contribution in [0.1, 0.15) is 38.1 Å². The summed E-state index contributed by atoms with van der Waals surface area (Å²) in [6, 6.07) is 16.1. The maximum absolute atomic E-state index is 12.4. The van der Waals surface area contributed by atoms with Crippen LogP contribution in [0.25, 0.3) is 11.0 Å². The van der Waals surface area contributed by atoms with Gasteiger partial charge in [0.15, 0.2) is 0 Å². The number of fused-ring (bicyclic) bond motifs is 1. The lowest BCUT2D eigenvalue weighted by atomic mass is 10.0. The van der Waals surface area contributed by atoms with E-state index in [2.05, 4.69) is 16.0 Å². The highest BCUT2D eigenvalue weighted by molar-refractivity contribution is 5.79. The molecule has 1 heterocycles. The Morgan fingerprint density at radius 3 is 2.57 bits per heavy atom. The topological polar surface area (TPSA) is 56.2 Å². The molecule has 2 aromatic carbocycles. The quantitative estimate of drug-likeness (QED) is 0.596. The number of para-hydroxylation sites is 3. The van der Waals surface area contributed by atoms with E-state index in [9.17, 15) is 4.79 Å². The van der Waals surface area contributed by atoms with Gasteiger partial charge in [0.2, 0.25) is 5.91 Å². The van der Waals surface area contributed by atoms with E-state index in [1.165, 1.54) is 0 Å². The monoisotopic (exact) mass is 379 g/mol. The van der Waals surface area contributed by atoms with Crippen LogP contribution in [0.15, 0.2) is 48.5 Å². The summed E-state index contributed by atoms with van der Waals surface area (Å²) in [7, 11) is 0. The fraction of sp³-hybridized carbons (Fsp3) is 0.391. The van der Waals surface area contributed by atoms with E-state index < -0.39 is 0 Å². The van der Waals surface area contributed by atoms with Crippen molar-refractivity contribution in [3.63, 3.8) is 0 Å². The molecule has 1 N–H and O–H groups in total. The first-order chi connectivity index (χ1) is 13.6. The lowest BCUT2D eigenvalue weighted by molar-refractivity contribution is -0.125. The Hall–Kier alpha value is -2.82. The molecule has 0 radical (unpaired) electrons. The maximum Gasteiger partial charge on any atom is 0.223 e. The van der Waals surface area contributed by atoms with Crippen molar-refractivity contribution in [1.29, 1.82) is 0 Å². The molecule has 0 atom stereocenters. The van der Waals surface area contributed by atoms with Crippen LogP contribution in [0.3, 0.4) is 0 Å². The first-order valence-electron chi connectivity index (χ1n) is 10.0. The first kappa shape index (κ1) is 19.9. The number of aryl methyl sites for hydroxylation is 1. The molecule has 1 aromatic heterocycles. The number of carbonyl (C=O) groups excluding carboxylic acids is 1. The highest BCUT2D eigenvalue weighted by Gasteiger charge is 2.16. The van der Waals surface area contributed by atoms with Gasteiger partial charge in [0.1, 0.15) is 18.2 Å². The number of nitrogens with zero attached hydrogens (tertiary/aromatic N) is 2. The van der Waals surface area contributed by atoms with Crippen molar-refractivity contribution in [2.75, 3.05) is 6.61 Å². The zero-order chi connectivity index (χ0) is 19.9. The summed E-state index contributed by atoms with van der Waals surface area (Å²) >= 11 is 0. The molecule has 0 aliphatic heterocycles. The second-order valence-corrected chi connectivity index (χ2v) is 7.01. The van der Waals surface area contributed by atoms with Crippen LogP contribution in [-0.2, 0) is 17.9 Å². The van der Waals surface area contributed by atoms with E-state index in [-0.39, 0.29) is 11.8 Å². The third-order valence-electron chi connectivity index (χ3n) is 5.18. The number of imidazole rings is 1. The van der Waals surface area contributed by atoms with Gasteiger partial charge >= 0.3 is 0 Å². The van der Waals surface area contributed by atoms with Gasteiger partial charge in [-0.1, -0.05) is 44.2 Å². The van der Waals surface area contributed by atoms with Gasteiger partial charge < -0.3 is 14.6 Å². The number of rotatable bonds is 9. The SMILES string of the molecule is CCC(CC)C(=O)NCc1nc2ccccc2n1CCOc1ccccc1C. The molecule has 148 valence electrons. The summed E-state index contributed by atoms with van der Waals surface area (Å²) in [5.41, 5.74) is 3.11.